The summed E-state index contributed by atoms with van der Waals surface area (Å²) in [7, 11) is 0. The molecule has 2 aromatic carbocycles. The number of benzene rings is 2. The highest BCUT2D eigenvalue weighted by molar-refractivity contribution is 8.03. The molecule has 222 valence electrons. The molecule has 1 heterocycles. The fourth-order valence-electron chi connectivity index (χ4n) is 4.15. The molecule has 10 heteroatoms. The van der Waals surface area contributed by atoms with E-state index in [9.17, 15) is 19.7 Å². The van der Waals surface area contributed by atoms with Gasteiger partial charge in [0.15, 0.2) is 0 Å². The van der Waals surface area contributed by atoms with Crippen molar-refractivity contribution in [3.63, 3.8) is 0 Å². The zero-order chi connectivity index (χ0) is 30.7. The molecule has 0 saturated heterocycles. The van der Waals surface area contributed by atoms with Gasteiger partial charge in [-0.15, -0.1) is 11.8 Å². The summed E-state index contributed by atoms with van der Waals surface area (Å²) < 4.78 is 5.44. The minimum atomic E-state index is -0.905. The number of nitro benzene ring substituents is 1. The predicted octanol–water partition coefficient (Wildman–Crippen LogP) is 5.95. The van der Waals surface area contributed by atoms with Gasteiger partial charge in [-0.25, -0.2) is 4.79 Å². The smallest absolute Gasteiger partial charge is 0.408 e. The Morgan fingerprint density at radius 1 is 1.07 bits per heavy atom. The van der Waals surface area contributed by atoms with Crippen LogP contribution in [0.5, 0.6) is 0 Å². The maximum absolute atomic E-state index is 13.8. The van der Waals surface area contributed by atoms with Gasteiger partial charge in [0.2, 0.25) is 5.91 Å². The molecule has 1 unspecified atom stereocenters. The maximum atomic E-state index is 13.8. The Labute approximate surface area is 251 Å². The zero-order valence-electron chi connectivity index (χ0n) is 24.3. The van der Waals surface area contributed by atoms with Crippen LogP contribution in [-0.2, 0) is 22.4 Å². The number of non-ortho nitro benzene ring substituents is 1. The third-order valence-corrected chi connectivity index (χ3v) is 7.37. The van der Waals surface area contributed by atoms with Gasteiger partial charge in [-0.2, -0.15) is 0 Å². The van der Waals surface area contributed by atoms with E-state index in [4.69, 9.17) is 4.74 Å². The average Bonchev–Trinajstić information content (AvgIpc) is 3.43. The molecule has 9 nitrogen and oxygen atoms in total. The fraction of sp³-hybridized carbons (Fsp3) is 0.312. The van der Waals surface area contributed by atoms with Gasteiger partial charge in [0.1, 0.15) is 11.6 Å². The van der Waals surface area contributed by atoms with Gasteiger partial charge < -0.3 is 20.7 Å². The van der Waals surface area contributed by atoms with Gasteiger partial charge >= 0.3 is 6.09 Å². The highest BCUT2D eigenvalue weighted by Crippen LogP contribution is 2.29. The van der Waals surface area contributed by atoms with E-state index in [1.54, 1.807) is 50.7 Å². The molecule has 1 aliphatic rings. The molecule has 0 radical (unpaired) electrons. The van der Waals surface area contributed by atoms with Crippen LogP contribution in [0.15, 0.2) is 102 Å². The third kappa shape index (κ3) is 10.3. The topological polar surface area (TPSA) is 123 Å². The van der Waals surface area contributed by atoms with Crippen LogP contribution in [0, 0.1) is 10.1 Å². The van der Waals surface area contributed by atoms with Crippen molar-refractivity contribution in [3.05, 3.63) is 123 Å². The van der Waals surface area contributed by atoms with E-state index in [0.717, 1.165) is 22.4 Å². The van der Waals surface area contributed by atoms with Gasteiger partial charge in [-0.05, 0) is 56.2 Å². The van der Waals surface area contributed by atoms with Crippen LogP contribution >= 0.6 is 11.8 Å². The molecule has 3 rings (SSSR count). The van der Waals surface area contributed by atoms with Gasteiger partial charge in [0.05, 0.1) is 16.3 Å². The van der Waals surface area contributed by atoms with Crippen molar-refractivity contribution in [2.45, 2.75) is 63.6 Å². The van der Waals surface area contributed by atoms with Crippen molar-refractivity contribution < 1.29 is 19.2 Å². The number of hydrogen-bond acceptors (Lipinski definition) is 7. The second kappa shape index (κ2) is 15.1. The monoisotopic (exact) mass is 590 g/mol. The lowest BCUT2D eigenvalue weighted by molar-refractivity contribution is -0.384. The molecule has 0 aliphatic carbocycles. The molecule has 42 heavy (non-hydrogen) atoms. The molecule has 0 fully saturated rings. The number of nitrogens with one attached hydrogen (secondary N) is 3. The van der Waals surface area contributed by atoms with Crippen molar-refractivity contribution in [2.75, 3.05) is 0 Å². The van der Waals surface area contributed by atoms with Crippen LogP contribution in [0.2, 0.25) is 0 Å². The summed E-state index contributed by atoms with van der Waals surface area (Å²) in [5.74, 6) is -0.381. The van der Waals surface area contributed by atoms with Crippen molar-refractivity contribution >= 4 is 29.4 Å². The lowest BCUT2D eigenvalue weighted by Gasteiger charge is -2.27. The van der Waals surface area contributed by atoms with Gasteiger partial charge in [0, 0.05) is 24.3 Å². The average molecular weight is 591 g/mol. The fourth-order valence-corrected chi connectivity index (χ4v) is 5.16. The molecule has 0 spiro atoms. The number of rotatable bonds is 12. The highest BCUT2D eigenvalue weighted by Gasteiger charge is 2.30. The van der Waals surface area contributed by atoms with Gasteiger partial charge in [0.25, 0.3) is 5.69 Å². The summed E-state index contributed by atoms with van der Waals surface area (Å²) in [6.07, 6.45) is 7.41. The Balaban J connectivity index is 1.85. The Hall–Kier alpha value is -4.31. The van der Waals surface area contributed by atoms with Crippen molar-refractivity contribution in [1.82, 2.24) is 16.0 Å². The molecule has 0 saturated carbocycles. The molecule has 1 aliphatic heterocycles. The zero-order valence-corrected chi connectivity index (χ0v) is 25.1. The Morgan fingerprint density at radius 2 is 1.74 bits per heavy atom. The molecular weight excluding hydrogens is 552 g/mol. The van der Waals surface area contributed by atoms with E-state index < -0.39 is 28.7 Å². The normalized spacial score (nSPS) is 16.6. The van der Waals surface area contributed by atoms with E-state index in [2.05, 4.69) is 22.5 Å². The molecule has 3 N–H and O–H groups in total. The molecule has 2 amide bonds. The van der Waals surface area contributed by atoms with Crippen LogP contribution in [0.25, 0.3) is 0 Å². The second-order valence-electron chi connectivity index (χ2n) is 10.8. The second-order valence-corrected chi connectivity index (χ2v) is 11.8. The summed E-state index contributed by atoms with van der Waals surface area (Å²) in [5.41, 5.74) is 2.83. The number of carbonyl (C=O) groups excluding carboxylic acids is 2. The number of thioether (sulfide) groups is 1. The first-order chi connectivity index (χ1) is 19.9. The molecule has 0 bridgehead atoms. The Morgan fingerprint density at radius 3 is 2.36 bits per heavy atom. The first-order valence-electron chi connectivity index (χ1n) is 13.6. The number of nitrogens with zero attached hydrogens (tertiary/aromatic N) is 1. The quantitative estimate of drug-likeness (QED) is 0.159. The largest absolute Gasteiger partial charge is 0.444 e. The molecule has 3 atom stereocenters. The highest BCUT2D eigenvalue weighted by atomic mass is 32.2. The number of amides is 2. The molecule has 2 aromatic rings. The van der Waals surface area contributed by atoms with Crippen molar-refractivity contribution in [1.29, 1.82) is 0 Å². The molecule has 0 aromatic heterocycles. The predicted molar refractivity (Wildman–Crippen MR) is 168 cm³/mol. The van der Waals surface area contributed by atoms with Crippen LogP contribution in [0.4, 0.5) is 10.5 Å². The van der Waals surface area contributed by atoms with E-state index in [1.165, 1.54) is 12.1 Å². The Kier molecular flexibility index (Phi) is 11.6. The number of ether oxygens (including phenoxy) is 1. The summed E-state index contributed by atoms with van der Waals surface area (Å²) in [4.78, 5) is 37.2. The standard InChI is InChI=1S/C32H38N4O5S/c1-6-7-9-12-22(2)30-34-28(21-42-30)26(19-24-15-17-25(18-16-24)36(39)40)33-29(37)27(20-23-13-10-8-11-14-23)35-31(38)41-32(3,4)5/h6-18,21,26-27,30,34H,1,19-20H2,2-5H3,(H,33,37)(H,35,38)/b9-7-,22-12+/t26-,27-,30?/m0/s1. The lowest BCUT2D eigenvalue weighted by Crippen LogP contribution is -2.53. The van der Waals surface area contributed by atoms with E-state index in [0.29, 0.717) is 6.42 Å². The van der Waals surface area contributed by atoms with E-state index in [1.807, 2.05) is 60.9 Å². The molecular formula is C32H38N4O5S. The van der Waals surface area contributed by atoms with Crippen molar-refractivity contribution in [2.24, 2.45) is 0 Å². The number of alkyl carbamates (subject to hydrolysis) is 1. The minimum Gasteiger partial charge on any atom is -0.444 e. The minimum absolute atomic E-state index is 0.00834. The Bertz CT molecular complexity index is 1350. The summed E-state index contributed by atoms with van der Waals surface area (Å²) in [6.45, 7) is 11.0. The SMILES string of the molecule is C=C/C=C\C=C(/C)C1NC([C@H](Cc2ccc([N+](=O)[O-])cc2)NC(=O)[C@H](Cc2ccccc2)NC(=O)OC(C)(C)C)=CS1. The summed E-state index contributed by atoms with van der Waals surface area (Å²) in [6, 6.07) is 14.3. The third-order valence-electron chi connectivity index (χ3n) is 6.22. The van der Waals surface area contributed by atoms with Crippen LogP contribution in [0.1, 0.15) is 38.8 Å². The van der Waals surface area contributed by atoms with Crippen LogP contribution in [0.3, 0.4) is 0 Å². The van der Waals surface area contributed by atoms with Crippen LogP contribution in [-0.4, -0.2) is 40.0 Å². The van der Waals surface area contributed by atoms with Gasteiger partial charge in [-0.3, -0.25) is 14.9 Å². The number of allylic oxidation sites excluding steroid dienone is 4. The first-order valence-corrected chi connectivity index (χ1v) is 14.5. The number of nitro groups is 1. The summed E-state index contributed by atoms with van der Waals surface area (Å²) in [5, 5.41) is 22.4. The first kappa shape index (κ1) is 32.2. The van der Waals surface area contributed by atoms with E-state index >= 15 is 0 Å². The van der Waals surface area contributed by atoms with Crippen LogP contribution < -0.4 is 16.0 Å². The summed E-state index contributed by atoms with van der Waals surface area (Å²) >= 11 is 1.59. The lowest BCUT2D eigenvalue weighted by atomic mass is 10.0. The maximum Gasteiger partial charge on any atom is 0.408 e. The van der Waals surface area contributed by atoms with Crippen molar-refractivity contribution in [3.8, 4) is 0 Å². The van der Waals surface area contributed by atoms with Gasteiger partial charge in [-0.1, -0.05) is 73.3 Å². The number of carbonyl (C=O) groups is 2. The number of hydrogen-bond donors (Lipinski definition) is 3. The van der Waals surface area contributed by atoms with E-state index in [-0.39, 0.29) is 23.4 Å².